The van der Waals surface area contributed by atoms with E-state index in [1.807, 2.05) is 18.2 Å². The van der Waals surface area contributed by atoms with Gasteiger partial charge in [-0.3, -0.25) is 0 Å². The van der Waals surface area contributed by atoms with Crippen LogP contribution in [0.3, 0.4) is 0 Å². The lowest BCUT2D eigenvalue weighted by Gasteiger charge is -2.03. The summed E-state index contributed by atoms with van der Waals surface area (Å²) in [6, 6.07) is 8.20. The zero-order chi connectivity index (χ0) is 9.68. The minimum absolute atomic E-state index is 0.701. The molecule has 0 amide bonds. The maximum atomic E-state index is 5.24. The molecule has 68 valence electrons. The first-order valence-corrected chi connectivity index (χ1v) is 5.03. The van der Waals surface area contributed by atoms with Crippen LogP contribution in [0.1, 0.15) is 11.1 Å². The van der Waals surface area contributed by atoms with Crippen molar-refractivity contribution in [2.24, 2.45) is 0 Å². The lowest BCUT2D eigenvalue weighted by Crippen LogP contribution is -1.85. The average Bonchev–Trinajstić information content (AvgIpc) is 2.17. The second-order valence-electron chi connectivity index (χ2n) is 2.81. The van der Waals surface area contributed by atoms with Crippen molar-refractivity contribution >= 4 is 16.6 Å². The van der Waals surface area contributed by atoms with Gasteiger partial charge in [-0.25, -0.2) is 0 Å². The quantitative estimate of drug-likeness (QED) is 0.401. The minimum Gasteiger partial charge on any atom is -0.553 e. The predicted molar refractivity (Wildman–Crippen MR) is 60.4 cm³/mol. The lowest BCUT2D eigenvalue weighted by molar-refractivity contribution is 0.498. The van der Waals surface area contributed by atoms with Crippen molar-refractivity contribution < 1.29 is 4.43 Å². The fourth-order valence-corrected chi connectivity index (χ4v) is 1.39. The van der Waals surface area contributed by atoms with Crippen molar-refractivity contribution in [3.63, 3.8) is 0 Å². The Morgan fingerprint density at radius 3 is 2.69 bits per heavy atom. The fourth-order valence-electron chi connectivity index (χ4n) is 1.10. The first-order chi connectivity index (χ1) is 6.27. The van der Waals surface area contributed by atoms with Crippen LogP contribution in [0.2, 0.25) is 0 Å². The van der Waals surface area contributed by atoms with Gasteiger partial charge in [0.15, 0.2) is 0 Å². The molecule has 0 aliphatic carbocycles. The smallest absolute Gasteiger partial charge is 0.204 e. The van der Waals surface area contributed by atoms with E-state index in [-0.39, 0.29) is 0 Å². The van der Waals surface area contributed by atoms with E-state index in [9.17, 15) is 0 Å². The largest absolute Gasteiger partial charge is 0.553 e. The zero-order valence-corrected chi connectivity index (χ0v) is 10.1. The van der Waals surface area contributed by atoms with Crippen LogP contribution in [0.4, 0.5) is 0 Å². The van der Waals surface area contributed by atoms with Crippen LogP contribution in [0.5, 0.6) is 0 Å². The molecule has 1 nitrogen and oxygen atoms in total. The summed E-state index contributed by atoms with van der Waals surface area (Å²) in [5.41, 5.74) is 2.44. The average molecular weight is 190 g/mol. The first kappa shape index (κ1) is 9.80. The number of hydrogen-bond donors (Lipinski definition) is 0. The molecular weight excluding hydrogens is 176 g/mol. The van der Waals surface area contributed by atoms with Crippen molar-refractivity contribution in [3.8, 4) is 0 Å². The van der Waals surface area contributed by atoms with Crippen LogP contribution in [0.25, 0.3) is 6.08 Å². The van der Waals surface area contributed by atoms with Gasteiger partial charge in [0.1, 0.15) is 5.76 Å². The molecule has 0 unspecified atom stereocenters. The van der Waals surface area contributed by atoms with E-state index in [2.05, 4.69) is 25.6 Å². The molecule has 13 heavy (non-hydrogen) atoms. The zero-order valence-electron chi connectivity index (χ0n) is 8.08. The Morgan fingerprint density at radius 2 is 2.15 bits per heavy atom. The standard InChI is InChI=1S/C11H14OSi/c1-3-11(12-13)8-10-7-5-4-6-9(10)2/h3-8H,1H2,2,13H3/b11-8+. The Kier molecular flexibility index (Phi) is 3.52. The van der Waals surface area contributed by atoms with Crippen LogP contribution in [0, 0.1) is 6.92 Å². The molecule has 0 fully saturated rings. The van der Waals surface area contributed by atoms with Gasteiger partial charge in [-0.2, -0.15) is 0 Å². The topological polar surface area (TPSA) is 9.23 Å². The highest BCUT2D eigenvalue weighted by atomic mass is 28.2. The SMILES string of the molecule is C=C/C(=C\c1ccccc1C)O[SiH3]. The molecule has 0 radical (unpaired) electrons. The second kappa shape index (κ2) is 4.67. The third-order valence-corrected chi connectivity index (χ3v) is 2.39. The summed E-state index contributed by atoms with van der Waals surface area (Å²) in [7, 11) is 0.701. The number of benzene rings is 1. The van der Waals surface area contributed by atoms with E-state index in [4.69, 9.17) is 4.43 Å². The predicted octanol–water partition coefficient (Wildman–Crippen LogP) is 1.82. The third-order valence-electron chi connectivity index (χ3n) is 1.92. The molecule has 0 atom stereocenters. The maximum Gasteiger partial charge on any atom is 0.204 e. The Balaban J connectivity index is 3.02. The Hall–Kier alpha value is -1.28. The highest BCUT2D eigenvalue weighted by molar-refractivity contribution is 5.99. The van der Waals surface area contributed by atoms with Crippen molar-refractivity contribution in [2.45, 2.75) is 6.92 Å². The van der Waals surface area contributed by atoms with Gasteiger partial charge in [-0.05, 0) is 30.2 Å². The van der Waals surface area contributed by atoms with Crippen LogP contribution in [0.15, 0.2) is 42.7 Å². The van der Waals surface area contributed by atoms with E-state index in [1.54, 1.807) is 6.08 Å². The first-order valence-electron chi connectivity index (χ1n) is 4.21. The van der Waals surface area contributed by atoms with Gasteiger partial charge in [-0.1, -0.05) is 30.8 Å². The summed E-state index contributed by atoms with van der Waals surface area (Å²) in [6.07, 6.45) is 3.74. The Labute approximate surface area is 82.3 Å². The summed E-state index contributed by atoms with van der Waals surface area (Å²) < 4.78 is 5.24. The molecular formula is C11H14OSi. The summed E-state index contributed by atoms with van der Waals surface area (Å²) in [5.74, 6) is 0.848. The van der Waals surface area contributed by atoms with Crippen LogP contribution < -0.4 is 0 Å². The minimum atomic E-state index is 0.701. The summed E-state index contributed by atoms with van der Waals surface area (Å²) in [5, 5.41) is 0. The molecule has 1 rings (SSSR count). The Bertz CT molecular complexity index is 329. The fraction of sp³-hybridized carbons (Fsp3) is 0.0909. The van der Waals surface area contributed by atoms with Crippen molar-refractivity contribution in [1.29, 1.82) is 0 Å². The van der Waals surface area contributed by atoms with Gasteiger partial charge < -0.3 is 4.43 Å². The number of rotatable bonds is 3. The highest BCUT2D eigenvalue weighted by Gasteiger charge is 1.94. The van der Waals surface area contributed by atoms with Gasteiger partial charge in [0.05, 0.1) is 0 Å². The molecule has 0 aliphatic heterocycles. The van der Waals surface area contributed by atoms with Gasteiger partial charge in [0.2, 0.25) is 10.5 Å². The van der Waals surface area contributed by atoms with Gasteiger partial charge in [0.25, 0.3) is 0 Å². The summed E-state index contributed by atoms with van der Waals surface area (Å²) in [4.78, 5) is 0. The van der Waals surface area contributed by atoms with Gasteiger partial charge >= 0.3 is 0 Å². The molecule has 2 heteroatoms. The molecule has 1 aromatic rings. The summed E-state index contributed by atoms with van der Waals surface area (Å²) in [6.45, 7) is 5.77. The van der Waals surface area contributed by atoms with Crippen LogP contribution in [-0.4, -0.2) is 10.5 Å². The van der Waals surface area contributed by atoms with Crippen molar-refractivity contribution in [3.05, 3.63) is 53.8 Å². The highest BCUT2D eigenvalue weighted by Crippen LogP contribution is 2.12. The molecule has 0 N–H and O–H groups in total. The van der Waals surface area contributed by atoms with Crippen LogP contribution >= 0.6 is 0 Å². The Morgan fingerprint density at radius 1 is 1.46 bits per heavy atom. The van der Waals surface area contributed by atoms with E-state index in [0.29, 0.717) is 10.5 Å². The molecule has 0 aromatic heterocycles. The molecule has 0 heterocycles. The second-order valence-corrected chi connectivity index (χ2v) is 3.22. The van der Waals surface area contributed by atoms with E-state index < -0.39 is 0 Å². The summed E-state index contributed by atoms with van der Waals surface area (Å²) >= 11 is 0. The van der Waals surface area contributed by atoms with Crippen molar-refractivity contribution in [1.82, 2.24) is 0 Å². The van der Waals surface area contributed by atoms with E-state index in [0.717, 1.165) is 5.76 Å². The number of hydrogen-bond acceptors (Lipinski definition) is 1. The van der Waals surface area contributed by atoms with E-state index >= 15 is 0 Å². The molecule has 0 bridgehead atoms. The molecule has 0 saturated heterocycles. The molecule has 0 aliphatic rings. The number of allylic oxidation sites excluding steroid dienone is 1. The monoisotopic (exact) mass is 190 g/mol. The normalized spacial score (nSPS) is 11.3. The lowest BCUT2D eigenvalue weighted by atomic mass is 10.1. The molecule has 0 saturated carbocycles. The van der Waals surface area contributed by atoms with E-state index in [1.165, 1.54) is 11.1 Å². The number of aryl methyl sites for hydroxylation is 1. The third kappa shape index (κ3) is 2.59. The maximum absolute atomic E-state index is 5.24. The van der Waals surface area contributed by atoms with Gasteiger partial charge in [0, 0.05) is 0 Å². The van der Waals surface area contributed by atoms with Gasteiger partial charge in [-0.15, -0.1) is 0 Å². The van der Waals surface area contributed by atoms with Crippen LogP contribution in [-0.2, 0) is 4.43 Å². The van der Waals surface area contributed by atoms with Crippen molar-refractivity contribution in [2.75, 3.05) is 0 Å². The molecule has 0 spiro atoms. The molecule has 1 aromatic carbocycles.